The summed E-state index contributed by atoms with van der Waals surface area (Å²) in [7, 11) is -3.73. The van der Waals surface area contributed by atoms with E-state index in [9.17, 15) is 13.2 Å². The number of hydrogen-bond acceptors (Lipinski definition) is 3. The van der Waals surface area contributed by atoms with Crippen molar-refractivity contribution in [1.29, 1.82) is 0 Å². The molecule has 0 aromatic heterocycles. The van der Waals surface area contributed by atoms with Gasteiger partial charge in [0, 0.05) is 11.3 Å². The molecule has 0 saturated carbocycles. The van der Waals surface area contributed by atoms with Crippen LogP contribution in [0.5, 0.6) is 0 Å². The number of benzene rings is 2. The summed E-state index contributed by atoms with van der Waals surface area (Å²) in [6, 6.07) is 11.5. The maximum atomic E-state index is 12.7. The number of nitrogens with two attached hydrogens (primary N) is 1. The normalized spacial score (nSPS) is 12.0. The van der Waals surface area contributed by atoms with Crippen LogP contribution >= 0.6 is 0 Å². The van der Waals surface area contributed by atoms with Gasteiger partial charge in [0.15, 0.2) is 0 Å². The Morgan fingerprint density at radius 3 is 2.12 bits per heavy atom. The van der Waals surface area contributed by atoms with Gasteiger partial charge in [-0.05, 0) is 53.8 Å². The first-order valence-electron chi connectivity index (χ1n) is 7.54. The quantitative estimate of drug-likeness (QED) is 0.891. The van der Waals surface area contributed by atoms with Crippen LogP contribution in [0.2, 0.25) is 0 Å². The van der Waals surface area contributed by atoms with E-state index in [1.165, 1.54) is 24.3 Å². The molecule has 5 nitrogen and oxygen atoms in total. The SMILES string of the molecule is Cc1ccc(C(C)(C)C)cc1S(=O)(=O)Nc1ccc(C(N)=O)cc1. The van der Waals surface area contributed by atoms with Crippen LogP contribution in [0.25, 0.3) is 0 Å². The van der Waals surface area contributed by atoms with E-state index >= 15 is 0 Å². The molecule has 0 aliphatic rings. The number of hydrogen-bond donors (Lipinski definition) is 2. The Morgan fingerprint density at radius 2 is 1.62 bits per heavy atom. The third-order valence-corrected chi connectivity index (χ3v) is 5.29. The zero-order chi connectivity index (χ0) is 18.1. The molecule has 2 aromatic carbocycles. The third-order valence-electron chi connectivity index (χ3n) is 3.77. The second-order valence-corrected chi connectivity index (χ2v) is 8.43. The van der Waals surface area contributed by atoms with Crippen LogP contribution in [-0.4, -0.2) is 14.3 Å². The average Bonchev–Trinajstić information content (AvgIpc) is 2.46. The lowest BCUT2D eigenvalue weighted by Crippen LogP contribution is -2.17. The summed E-state index contributed by atoms with van der Waals surface area (Å²) in [5.74, 6) is -0.557. The van der Waals surface area contributed by atoms with Gasteiger partial charge in [0.25, 0.3) is 10.0 Å². The van der Waals surface area contributed by atoms with Crippen molar-refractivity contribution in [3.8, 4) is 0 Å². The molecule has 1 amide bonds. The van der Waals surface area contributed by atoms with Crippen molar-refractivity contribution in [2.45, 2.75) is 38.0 Å². The standard InChI is InChI=1S/C18H22N2O3S/c1-12-5-8-14(18(2,3)4)11-16(12)24(22,23)20-15-9-6-13(7-10-15)17(19)21/h5-11,20H,1-4H3,(H2,19,21). The van der Waals surface area contributed by atoms with Crippen LogP contribution in [0, 0.1) is 6.92 Å². The van der Waals surface area contributed by atoms with E-state index < -0.39 is 15.9 Å². The number of sulfonamides is 1. The number of carbonyl (C=O) groups is 1. The molecule has 0 unspecified atom stereocenters. The van der Waals surface area contributed by atoms with Crippen LogP contribution in [0.4, 0.5) is 5.69 Å². The van der Waals surface area contributed by atoms with Crippen molar-refractivity contribution < 1.29 is 13.2 Å². The molecule has 0 atom stereocenters. The molecular weight excluding hydrogens is 324 g/mol. The van der Waals surface area contributed by atoms with Crippen LogP contribution in [0.15, 0.2) is 47.4 Å². The molecule has 3 N–H and O–H groups in total. The smallest absolute Gasteiger partial charge is 0.262 e. The van der Waals surface area contributed by atoms with E-state index in [1.807, 2.05) is 32.9 Å². The first-order valence-corrected chi connectivity index (χ1v) is 9.03. The molecule has 0 bridgehead atoms. The lowest BCUT2D eigenvalue weighted by Gasteiger charge is -2.21. The molecule has 0 aliphatic carbocycles. The molecule has 0 aliphatic heterocycles. The van der Waals surface area contributed by atoms with Gasteiger partial charge in [0.1, 0.15) is 0 Å². The predicted molar refractivity (Wildman–Crippen MR) is 95.6 cm³/mol. The molecule has 6 heteroatoms. The van der Waals surface area contributed by atoms with Crippen LogP contribution < -0.4 is 10.5 Å². The highest BCUT2D eigenvalue weighted by Crippen LogP contribution is 2.27. The van der Waals surface area contributed by atoms with Crippen molar-refractivity contribution in [2.24, 2.45) is 5.73 Å². The topological polar surface area (TPSA) is 89.3 Å². The van der Waals surface area contributed by atoms with Crippen molar-refractivity contribution >= 4 is 21.6 Å². The molecule has 2 aromatic rings. The monoisotopic (exact) mass is 346 g/mol. The maximum Gasteiger partial charge on any atom is 0.262 e. The Balaban J connectivity index is 2.38. The molecule has 0 radical (unpaired) electrons. The van der Waals surface area contributed by atoms with Crippen LogP contribution in [0.1, 0.15) is 42.3 Å². The first kappa shape index (κ1) is 18.0. The zero-order valence-corrected chi connectivity index (χ0v) is 15.1. The molecule has 0 spiro atoms. The van der Waals surface area contributed by atoms with Gasteiger partial charge in [0.2, 0.25) is 5.91 Å². The molecule has 0 saturated heterocycles. The fourth-order valence-corrected chi connectivity index (χ4v) is 3.60. The number of aryl methyl sites for hydroxylation is 1. The fraction of sp³-hybridized carbons (Fsp3) is 0.278. The third kappa shape index (κ3) is 3.94. The second kappa shape index (κ2) is 6.28. The zero-order valence-electron chi connectivity index (χ0n) is 14.3. The highest BCUT2D eigenvalue weighted by atomic mass is 32.2. The lowest BCUT2D eigenvalue weighted by atomic mass is 9.87. The molecule has 128 valence electrons. The molecule has 0 fully saturated rings. The van der Waals surface area contributed by atoms with Gasteiger partial charge in [0.05, 0.1) is 4.90 Å². The Bertz CT molecular complexity index is 864. The van der Waals surface area contributed by atoms with Crippen molar-refractivity contribution in [2.75, 3.05) is 4.72 Å². The van der Waals surface area contributed by atoms with E-state index in [1.54, 1.807) is 13.0 Å². The van der Waals surface area contributed by atoms with Crippen molar-refractivity contribution in [1.82, 2.24) is 0 Å². The Hall–Kier alpha value is -2.34. The van der Waals surface area contributed by atoms with Gasteiger partial charge >= 0.3 is 0 Å². The summed E-state index contributed by atoms with van der Waals surface area (Å²) in [6.07, 6.45) is 0. The highest BCUT2D eigenvalue weighted by molar-refractivity contribution is 7.92. The molecule has 24 heavy (non-hydrogen) atoms. The average molecular weight is 346 g/mol. The van der Waals surface area contributed by atoms with Crippen molar-refractivity contribution in [3.05, 3.63) is 59.2 Å². The minimum atomic E-state index is -3.73. The van der Waals surface area contributed by atoms with Crippen molar-refractivity contribution in [3.63, 3.8) is 0 Å². The van der Waals surface area contributed by atoms with E-state index in [-0.39, 0.29) is 10.3 Å². The Labute approximate surface area is 142 Å². The summed E-state index contributed by atoms with van der Waals surface area (Å²) in [5.41, 5.74) is 7.34. The largest absolute Gasteiger partial charge is 0.366 e. The van der Waals surface area contributed by atoms with E-state index in [4.69, 9.17) is 5.73 Å². The van der Waals surface area contributed by atoms with Crippen LogP contribution in [0.3, 0.4) is 0 Å². The van der Waals surface area contributed by atoms with Gasteiger partial charge in [-0.2, -0.15) is 0 Å². The maximum absolute atomic E-state index is 12.7. The van der Waals surface area contributed by atoms with Gasteiger partial charge < -0.3 is 5.73 Å². The fourth-order valence-electron chi connectivity index (χ4n) is 2.27. The first-order chi connectivity index (χ1) is 11.0. The number of nitrogens with one attached hydrogen (secondary N) is 1. The van der Waals surface area contributed by atoms with Gasteiger partial charge in [-0.15, -0.1) is 0 Å². The number of amides is 1. The lowest BCUT2D eigenvalue weighted by molar-refractivity contribution is 0.100. The number of rotatable bonds is 4. The Morgan fingerprint density at radius 1 is 1.04 bits per heavy atom. The number of primary amides is 1. The Kier molecular flexibility index (Phi) is 4.71. The molecule has 0 heterocycles. The van der Waals surface area contributed by atoms with E-state index in [2.05, 4.69) is 4.72 Å². The van der Waals surface area contributed by atoms with Crippen LogP contribution in [-0.2, 0) is 15.4 Å². The summed E-state index contributed by atoms with van der Waals surface area (Å²) in [4.78, 5) is 11.3. The predicted octanol–water partition coefficient (Wildman–Crippen LogP) is 3.19. The van der Waals surface area contributed by atoms with E-state index in [0.29, 0.717) is 16.8 Å². The van der Waals surface area contributed by atoms with Gasteiger partial charge in [-0.1, -0.05) is 32.9 Å². The minimum absolute atomic E-state index is 0.152. The highest BCUT2D eigenvalue weighted by Gasteiger charge is 2.21. The van der Waals surface area contributed by atoms with E-state index in [0.717, 1.165) is 5.56 Å². The number of anilines is 1. The van der Waals surface area contributed by atoms with Gasteiger partial charge in [-0.25, -0.2) is 8.42 Å². The number of carbonyl (C=O) groups excluding carboxylic acids is 1. The second-order valence-electron chi connectivity index (χ2n) is 6.78. The summed E-state index contributed by atoms with van der Waals surface area (Å²) < 4.78 is 28.0. The summed E-state index contributed by atoms with van der Waals surface area (Å²) in [5, 5.41) is 0. The van der Waals surface area contributed by atoms with Gasteiger partial charge in [-0.3, -0.25) is 9.52 Å². The molecule has 2 rings (SSSR count). The molecular formula is C18H22N2O3S. The minimum Gasteiger partial charge on any atom is -0.366 e. The summed E-state index contributed by atoms with van der Waals surface area (Å²) >= 11 is 0. The summed E-state index contributed by atoms with van der Waals surface area (Å²) in [6.45, 7) is 7.86.